The van der Waals surface area contributed by atoms with Gasteiger partial charge in [0.2, 0.25) is 0 Å². The Hall–Kier alpha value is -0.260. The van der Waals surface area contributed by atoms with E-state index < -0.39 is 0 Å². The first-order chi connectivity index (χ1) is 6.65. The van der Waals surface area contributed by atoms with E-state index in [1.165, 1.54) is 32.1 Å². The normalized spacial score (nSPS) is 31.4. The van der Waals surface area contributed by atoms with Gasteiger partial charge in [0.1, 0.15) is 0 Å². The molecule has 1 rings (SSSR count). The fourth-order valence-corrected chi connectivity index (χ4v) is 2.75. The Morgan fingerprint density at radius 1 is 1.36 bits per heavy atom. The maximum atomic E-state index is 2.53. The van der Waals surface area contributed by atoms with Gasteiger partial charge in [0.25, 0.3) is 0 Å². The highest BCUT2D eigenvalue weighted by molar-refractivity contribution is 5.13. The molecular weight excluding hydrogens is 168 g/mol. The van der Waals surface area contributed by atoms with Crippen LogP contribution in [0.15, 0.2) is 11.6 Å². The van der Waals surface area contributed by atoms with Crippen molar-refractivity contribution in [3.05, 3.63) is 11.6 Å². The van der Waals surface area contributed by atoms with Crippen LogP contribution in [-0.2, 0) is 0 Å². The van der Waals surface area contributed by atoms with E-state index in [-0.39, 0.29) is 0 Å². The lowest BCUT2D eigenvalue weighted by Crippen LogP contribution is -2.18. The number of hydrogen-bond acceptors (Lipinski definition) is 0. The van der Waals surface area contributed by atoms with Crippen LogP contribution in [0.1, 0.15) is 59.8 Å². The van der Waals surface area contributed by atoms with Gasteiger partial charge in [0, 0.05) is 0 Å². The van der Waals surface area contributed by atoms with Crippen LogP contribution in [0.3, 0.4) is 0 Å². The molecule has 0 heterocycles. The summed E-state index contributed by atoms with van der Waals surface area (Å²) in [5.74, 6) is 2.48. The third kappa shape index (κ3) is 3.15. The van der Waals surface area contributed by atoms with Crippen LogP contribution in [0.4, 0.5) is 0 Å². The molecule has 2 atom stereocenters. The van der Waals surface area contributed by atoms with E-state index >= 15 is 0 Å². The highest BCUT2D eigenvalue weighted by Gasteiger charge is 2.23. The largest absolute Gasteiger partial charge is 0.0822 e. The van der Waals surface area contributed by atoms with Crippen molar-refractivity contribution in [3.63, 3.8) is 0 Å². The molecule has 14 heavy (non-hydrogen) atoms. The molecule has 1 fully saturated rings. The SMILES string of the molecule is CCCC1CCCC(C)C1=CC(C)C. The first-order valence-electron chi connectivity index (χ1n) is 6.36. The number of allylic oxidation sites excluding steroid dienone is 2. The summed E-state index contributed by atoms with van der Waals surface area (Å²) in [6.45, 7) is 9.33. The van der Waals surface area contributed by atoms with E-state index in [0.717, 1.165) is 17.8 Å². The van der Waals surface area contributed by atoms with Gasteiger partial charge in [0.05, 0.1) is 0 Å². The fraction of sp³-hybridized carbons (Fsp3) is 0.857. The molecule has 0 spiro atoms. The van der Waals surface area contributed by atoms with Crippen LogP contribution in [0, 0.1) is 17.8 Å². The minimum absolute atomic E-state index is 0.727. The fourth-order valence-electron chi connectivity index (χ4n) is 2.75. The maximum Gasteiger partial charge on any atom is -0.0201 e. The van der Waals surface area contributed by atoms with Gasteiger partial charge < -0.3 is 0 Å². The summed E-state index contributed by atoms with van der Waals surface area (Å²) < 4.78 is 0. The monoisotopic (exact) mass is 194 g/mol. The van der Waals surface area contributed by atoms with Crippen LogP contribution < -0.4 is 0 Å². The maximum absolute atomic E-state index is 2.53. The van der Waals surface area contributed by atoms with Crippen LogP contribution in [0.2, 0.25) is 0 Å². The summed E-state index contributed by atoms with van der Waals surface area (Å²) in [6.07, 6.45) is 9.58. The lowest BCUT2D eigenvalue weighted by Gasteiger charge is -2.31. The predicted octanol–water partition coefficient (Wildman–Crippen LogP) is 4.81. The van der Waals surface area contributed by atoms with Crippen LogP contribution in [-0.4, -0.2) is 0 Å². The molecule has 0 aromatic carbocycles. The second kappa shape index (κ2) is 5.58. The van der Waals surface area contributed by atoms with Gasteiger partial charge in [-0.1, -0.05) is 52.2 Å². The van der Waals surface area contributed by atoms with Crippen molar-refractivity contribution >= 4 is 0 Å². The Morgan fingerprint density at radius 3 is 2.64 bits per heavy atom. The van der Waals surface area contributed by atoms with Crippen molar-refractivity contribution in [1.82, 2.24) is 0 Å². The average Bonchev–Trinajstić information content (AvgIpc) is 2.11. The molecule has 2 unspecified atom stereocenters. The Kier molecular flexibility index (Phi) is 4.71. The van der Waals surface area contributed by atoms with Gasteiger partial charge in [-0.2, -0.15) is 0 Å². The molecule has 0 aromatic heterocycles. The van der Waals surface area contributed by atoms with E-state index in [0.29, 0.717) is 0 Å². The molecule has 0 heteroatoms. The van der Waals surface area contributed by atoms with Gasteiger partial charge >= 0.3 is 0 Å². The zero-order valence-electron chi connectivity index (χ0n) is 10.3. The van der Waals surface area contributed by atoms with Crippen molar-refractivity contribution in [3.8, 4) is 0 Å². The molecule has 0 nitrogen and oxygen atoms in total. The minimum atomic E-state index is 0.727. The quantitative estimate of drug-likeness (QED) is 0.566. The van der Waals surface area contributed by atoms with Gasteiger partial charge in [-0.05, 0) is 37.0 Å². The van der Waals surface area contributed by atoms with E-state index in [2.05, 4.69) is 33.8 Å². The van der Waals surface area contributed by atoms with Gasteiger partial charge in [-0.25, -0.2) is 0 Å². The molecule has 0 saturated heterocycles. The predicted molar refractivity (Wildman–Crippen MR) is 64.3 cm³/mol. The summed E-state index contributed by atoms with van der Waals surface area (Å²) in [6, 6.07) is 0. The zero-order chi connectivity index (χ0) is 10.6. The smallest absolute Gasteiger partial charge is 0.0201 e. The van der Waals surface area contributed by atoms with Crippen molar-refractivity contribution in [2.75, 3.05) is 0 Å². The summed E-state index contributed by atoms with van der Waals surface area (Å²) in [5, 5.41) is 0. The highest BCUT2D eigenvalue weighted by atomic mass is 14.3. The molecule has 1 aliphatic rings. The van der Waals surface area contributed by atoms with E-state index in [9.17, 15) is 0 Å². The van der Waals surface area contributed by atoms with E-state index in [4.69, 9.17) is 0 Å². The first kappa shape index (κ1) is 11.8. The Balaban J connectivity index is 2.70. The second-order valence-electron chi connectivity index (χ2n) is 5.23. The van der Waals surface area contributed by atoms with Gasteiger partial charge in [0.15, 0.2) is 0 Å². The van der Waals surface area contributed by atoms with Crippen LogP contribution >= 0.6 is 0 Å². The summed E-state index contributed by atoms with van der Waals surface area (Å²) >= 11 is 0. The summed E-state index contributed by atoms with van der Waals surface area (Å²) in [5.41, 5.74) is 1.77. The van der Waals surface area contributed by atoms with Crippen molar-refractivity contribution in [1.29, 1.82) is 0 Å². The zero-order valence-corrected chi connectivity index (χ0v) is 10.3. The molecular formula is C14H26. The van der Waals surface area contributed by atoms with Crippen molar-refractivity contribution in [2.45, 2.75) is 59.8 Å². The lowest BCUT2D eigenvalue weighted by atomic mass is 9.75. The standard InChI is InChI=1S/C14H26/c1-5-7-13-9-6-8-12(4)14(13)10-11(2)3/h10-13H,5-9H2,1-4H3. The molecule has 0 aliphatic heterocycles. The Labute approximate surface area is 89.8 Å². The molecule has 82 valence electrons. The number of rotatable bonds is 3. The summed E-state index contributed by atoms with van der Waals surface area (Å²) in [4.78, 5) is 0. The third-order valence-electron chi connectivity index (χ3n) is 3.39. The molecule has 1 saturated carbocycles. The average molecular weight is 194 g/mol. The lowest BCUT2D eigenvalue weighted by molar-refractivity contribution is 0.361. The Morgan fingerprint density at radius 2 is 2.07 bits per heavy atom. The van der Waals surface area contributed by atoms with Crippen LogP contribution in [0.25, 0.3) is 0 Å². The first-order valence-corrected chi connectivity index (χ1v) is 6.36. The topological polar surface area (TPSA) is 0 Å². The van der Waals surface area contributed by atoms with E-state index in [1.807, 2.05) is 0 Å². The molecule has 1 aliphatic carbocycles. The molecule has 0 amide bonds. The van der Waals surface area contributed by atoms with Crippen molar-refractivity contribution < 1.29 is 0 Å². The highest BCUT2D eigenvalue weighted by Crippen LogP contribution is 2.37. The Bertz CT molecular complexity index is 186. The third-order valence-corrected chi connectivity index (χ3v) is 3.39. The summed E-state index contributed by atoms with van der Waals surface area (Å²) in [7, 11) is 0. The molecule has 0 bridgehead atoms. The van der Waals surface area contributed by atoms with Gasteiger partial charge in [-0.3, -0.25) is 0 Å². The van der Waals surface area contributed by atoms with Crippen molar-refractivity contribution in [2.24, 2.45) is 17.8 Å². The molecule has 0 aromatic rings. The number of hydrogen-bond donors (Lipinski definition) is 0. The second-order valence-corrected chi connectivity index (χ2v) is 5.23. The van der Waals surface area contributed by atoms with Gasteiger partial charge in [-0.15, -0.1) is 0 Å². The minimum Gasteiger partial charge on any atom is -0.0822 e. The van der Waals surface area contributed by atoms with Crippen LogP contribution in [0.5, 0.6) is 0 Å². The van der Waals surface area contributed by atoms with E-state index in [1.54, 1.807) is 5.57 Å². The molecule has 0 radical (unpaired) electrons. The molecule has 0 N–H and O–H groups in total.